The fourth-order valence-corrected chi connectivity index (χ4v) is 5.41. The van der Waals surface area contributed by atoms with Gasteiger partial charge in [-0.05, 0) is 44.6 Å². The van der Waals surface area contributed by atoms with E-state index in [1.165, 1.54) is 12.8 Å². The Balaban J connectivity index is 1.54. The van der Waals surface area contributed by atoms with Gasteiger partial charge in [0.1, 0.15) is 11.3 Å². The molecule has 0 spiro atoms. The summed E-state index contributed by atoms with van der Waals surface area (Å²) >= 11 is 6.15. The van der Waals surface area contributed by atoms with Crippen LogP contribution in [0.5, 0.6) is 0 Å². The van der Waals surface area contributed by atoms with Gasteiger partial charge in [-0.25, -0.2) is 18.7 Å². The Bertz CT molecular complexity index is 1240. The molecule has 3 aromatic rings. The Kier molecular flexibility index (Phi) is 6.25. The van der Waals surface area contributed by atoms with Gasteiger partial charge in [-0.15, -0.1) is 0 Å². The predicted octanol–water partition coefficient (Wildman–Crippen LogP) is 5.46. The molecule has 0 bridgehead atoms. The van der Waals surface area contributed by atoms with Crippen molar-refractivity contribution in [2.75, 3.05) is 10.6 Å². The van der Waals surface area contributed by atoms with Gasteiger partial charge in [-0.1, -0.05) is 31.4 Å². The summed E-state index contributed by atoms with van der Waals surface area (Å²) in [6.45, 7) is 1.89. The van der Waals surface area contributed by atoms with Gasteiger partial charge in [0.05, 0.1) is 16.9 Å². The quantitative estimate of drug-likeness (QED) is 0.412. The molecule has 2 aliphatic rings. The van der Waals surface area contributed by atoms with Gasteiger partial charge in [-0.3, -0.25) is 9.36 Å². The number of fused-ring (bicyclic) bond motifs is 1. The third-order valence-corrected chi connectivity index (χ3v) is 7.68. The van der Waals surface area contributed by atoms with E-state index in [1.54, 1.807) is 6.20 Å². The van der Waals surface area contributed by atoms with Crippen LogP contribution in [0.3, 0.4) is 0 Å². The molecule has 5 rings (SSSR count). The minimum atomic E-state index is -0.826. The first-order valence-corrected chi connectivity index (χ1v) is 12.3. The standard InChI is InChI=1S/C24H28ClF2N7O/c1-24(21(28)35)8-6-15(7-9-24)34-20-18(12-29-22(33-20)30-14-4-2-3-5-14)31-23(34)32-19-16(25)10-13(26)11-17(19)27/h10-12,14-15H,2-9H2,1H3,(H2,28,35)(H,31,32)(H,29,30,33). The van der Waals surface area contributed by atoms with Crippen LogP contribution in [0.25, 0.3) is 11.2 Å². The minimum Gasteiger partial charge on any atom is -0.369 e. The lowest BCUT2D eigenvalue weighted by molar-refractivity contribution is -0.128. The number of halogens is 3. The van der Waals surface area contributed by atoms with E-state index >= 15 is 0 Å². The Morgan fingerprint density at radius 1 is 1.17 bits per heavy atom. The van der Waals surface area contributed by atoms with Crippen LogP contribution in [-0.4, -0.2) is 31.5 Å². The zero-order valence-electron chi connectivity index (χ0n) is 19.5. The van der Waals surface area contributed by atoms with E-state index in [-0.39, 0.29) is 22.7 Å². The number of benzene rings is 1. The number of imidazole rings is 1. The SMILES string of the molecule is CC1(C(N)=O)CCC(n2c(Nc3c(F)cc(F)cc3Cl)nc3cnc(NC4CCCC4)nc32)CC1. The van der Waals surface area contributed by atoms with Gasteiger partial charge >= 0.3 is 0 Å². The summed E-state index contributed by atoms with van der Waals surface area (Å²) in [7, 11) is 0. The zero-order valence-corrected chi connectivity index (χ0v) is 20.2. The van der Waals surface area contributed by atoms with E-state index in [1.807, 2.05) is 11.5 Å². The number of amides is 1. The molecular formula is C24H28ClF2N7O. The van der Waals surface area contributed by atoms with Crippen molar-refractivity contribution >= 4 is 46.3 Å². The number of nitrogens with one attached hydrogen (secondary N) is 2. The topological polar surface area (TPSA) is 111 Å². The second-order valence-electron chi connectivity index (χ2n) is 9.86. The molecule has 0 atom stereocenters. The van der Waals surface area contributed by atoms with E-state index < -0.39 is 17.0 Å². The Morgan fingerprint density at radius 3 is 2.54 bits per heavy atom. The molecule has 186 valence electrons. The number of primary amides is 1. The highest BCUT2D eigenvalue weighted by Gasteiger charge is 2.37. The molecule has 0 saturated heterocycles. The van der Waals surface area contributed by atoms with Crippen molar-refractivity contribution in [3.63, 3.8) is 0 Å². The molecule has 35 heavy (non-hydrogen) atoms. The molecule has 2 saturated carbocycles. The molecule has 2 aromatic heterocycles. The van der Waals surface area contributed by atoms with Gasteiger partial charge < -0.3 is 16.4 Å². The molecule has 2 fully saturated rings. The molecule has 11 heteroatoms. The van der Waals surface area contributed by atoms with Crippen molar-refractivity contribution in [1.82, 2.24) is 19.5 Å². The van der Waals surface area contributed by atoms with Crippen LogP contribution in [0.15, 0.2) is 18.3 Å². The van der Waals surface area contributed by atoms with E-state index in [0.717, 1.165) is 25.0 Å². The Labute approximate surface area is 206 Å². The number of hydrogen-bond acceptors (Lipinski definition) is 6. The lowest BCUT2D eigenvalue weighted by Crippen LogP contribution is -2.38. The smallest absolute Gasteiger partial charge is 0.224 e. The molecule has 2 aliphatic carbocycles. The van der Waals surface area contributed by atoms with Crippen LogP contribution in [0.1, 0.15) is 64.3 Å². The van der Waals surface area contributed by atoms with Gasteiger partial charge in [-0.2, -0.15) is 4.98 Å². The van der Waals surface area contributed by atoms with Crippen molar-refractivity contribution < 1.29 is 13.6 Å². The maximum absolute atomic E-state index is 14.6. The number of rotatable bonds is 6. The van der Waals surface area contributed by atoms with E-state index in [2.05, 4.69) is 20.6 Å². The highest BCUT2D eigenvalue weighted by atomic mass is 35.5. The summed E-state index contributed by atoms with van der Waals surface area (Å²) in [5.74, 6) is -1.06. The second kappa shape index (κ2) is 9.22. The normalized spacial score (nSPS) is 23.0. The molecule has 4 N–H and O–H groups in total. The van der Waals surface area contributed by atoms with Gasteiger partial charge in [0.25, 0.3) is 0 Å². The molecular weight excluding hydrogens is 476 g/mol. The largest absolute Gasteiger partial charge is 0.369 e. The van der Waals surface area contributed by atoms with Crippen LogP contribution in [0.4, 0.5) is 26.4 Å². The molecule has 0 aliphatic heterocycles. The monoisotopic (exact) mass is 503 g/mol. The third kappa shape index (κ3) is 4.63. The van der Waals surface area contributed by atoms with Gasteiger partial charge in [0.2, 0.25) is 17.8 Å². The lowest BCUT2D eigenvalue weighted by Gasteiger charge is -2.35. The van der Waals surface area contributed by atoms with Crippen molar-refractivity contribution in [3.8, 4) is 0 Å². The highest BCUT2D eigenvalue weighted by molar-refractivity contribution is 6.33. The minimum absolute atomic E-state index is 0.0635. The summed E-state index contributed by atoms with van der Waals surface area (Å²) in [6, 6.07) is 2.08. The first-order valence-electron chi connectivity index (χ1n) is 12.0. The second-order valence-corrected chi connectivity index (χ2v) is 10.3. The van der Waals surface area contributed by atoms with Crippen molar-refractivity contribution in [1.29, 1.82) is 0 Å². The summed E-state index contributed by atoms with van der Waals surface area (Å²) in [5, 5.41) is 6.27. The number of nitrogens with zero attached hydrogens (tertiary/aromatic N) is 4. The summed E-state index contributed by atoms with van der Waals surface area (Å²) in [5.41, 5.74) is 6.13. The number of anilines is 3. The van der Waals surface area contributed by atoms with E-state index in [4.69, 9.17) is 22.3 Å². The number of nitrogens with two attached hydrogens (primary N) is 1. The fraction of sp³-hybridized carbons (Fsp3) is 0.500. The first kappa shape index (κ1) is 23.7. The van der Waals surface area contributed by atoms with Crippen LogP contribution < -0.4 is 16.4 Å². The van der Waals surface area contributed by atoms with Crippen LogP contribution in [-0.2, 0) is 4.79 Å². The highest BCUT2D eigenvalue weighted by Crippen LogP contribution is 2.43. The Morgan fingerprint density at radius 2 is 1.89 bits per heavy atom. The van der Waals surface area contributed by atoms with Crippen LogP contribution in [0, 0.1) is 17.0 Å². The third-order valence-electron chi connectivity index (χ3n) is 7.38. The molecule has 1 amide bonds. The van der Waals surface area contributed by atoms with Crippen molar-refractivity contribution in [2.24, 2.45) is 11.1 Å². The Hall–Kier alpha value is -3.01. The van der Waals surface area contributed by atoms with E-state index in [9.17, 15) is 13.6 Å². The number of carbonyl (C=O) groups is 1. The fourth-order valence-electron chi connectivity index (χ4n) is 5.16. The maximum atomic E-state index is 14.6. The molecule has 0 radical (unpaired) electrons. The zero-order chi connectivity index (χ0) is 24.7. The maximum Gasteiger partial charge on any atom is 0.224 e. The number of hydrogen-bond donors (Lipinski definition) is 3. The van der Waals surface area contributed by atoms with Crippen molar-refractivity contribution in [2.45, 2.75) is 70.4 Å². The average Bonchev–Trinajstić information content (AvgIpc) is 3.44. The molecule has 8 nitrogen and oxygen atoms in total. The lowest BCUT2D eigenvalue weighted by atomic mass is 9.73. The van der Waals surface area contributed by atoms with Crippen molar-refractivity contribution in [3.05, 3.63) is 35.0 Å². The summed E-state index contributed by atoms with van der Waals surface area (Å²) in [6.07, 6.45) is 8.68. The number of aromatic nitrogens is 4. The summed E-state index contributed by atoms with van der Waals surface area (Å²) < 4.78 is 30.1. The summed E-state index contributed by atoms with van der Waals surface area (Å²) in [4.78, 5) is 25.8. The molecule has 2 heterocycles. The van der Waals surface area contributed by atoms with Crippen LogP contribution in [0.2, 0.25) is 5.02 Å². The average molecular weight is 504 g/mol. The van der Waals surface area contributed by atoms with Gasteiger partial charge in [0, 0.05) is 23.6 Å². The van der Waals surface area contributed by atoms with Gasteiger partial charge in [0.15, 0.2) is 11.5 Å². The molecule has 0 unspecified atom stereocenters. The predicted molar refractivity (Wildman–Crippen MR) is 131 cm³/mol. The number of carbonyl (C=O) groups excluding carboxylic acids is 1. The van der Waals surface area contributed by atoms with Crippen LogP contribution >= 0.6 is 11.6 Å². The molecule has 1 aromatic carbocycles. The van der Waals surface area contributed by atoms with E-state index in [0.29, 0.717) is 54.8 Å². The first-order chi connectivity index (χ1) is 16.7.